The number of benzene rings is 1. The highest BCUT2D eigenvalue weighted by Crippen LogP contribution is 2.21. The number of ether oxygens (including phenoxy) is 2. The van der Waals surface area contributed by atoms with E-state index in [4.69, 9.17) is 21.1 Å². The first-order chi connectivity index (χ1) is 7.49. The summed E-state index contributed by atoms with van der Waals surface area (Å²) >= 11 is 5.79. The van der Waals surface area contributed by atoms with Crippen molar-refractivity contribution in [3.63, 3.8) is 0 Å². The predicted molar refractivity (Wildman–Crippen MR) is 63.6 cm³/mol. The SMILES string of the molecule is COC(OC)C(C)(O)Cc1ccc(Cl)cc1. The highest BCUT2D eigenvalue weighted by molar-refractivity contribution is 6.30. The molecule has 0 amide bonds. The molecule has 0 spiro atoms. The largest absolute Gasteiger partial charge is 0.385 e. The quantitative estimate of drug-likeness (QED) is 0.808. The summed E-state index contributed by atoms with van der Waals surface area (Å²) < 4.78 is 10.1. The van der Waals surface area contributed by atoms with E-state index >= 15 is 0 Å². The minimum Gasteiger partial charge on any atom is -0.385 e. The zero-order valence-electron chi connectivity index (χ0n) is 9.74. The van der Waals surface area contributed by atoms with E-state index in [1.807, 2.05) is 12.1 Å². The van der Waals surface area contributed by atoms with E-state index in [9.17, 15) is 5.11 Å². The first-order valence-corrected chi connectivity index (χ1v) is 5.40. The molecule has 1 unspecified atom stereocenters. The van der Waals surface area contributed by atoms with E-state index in [1.54, 1.807) is 19.1 Å². The van der Waals surface area contributed by atoms with E-state index in [-0.39, 0.29) is 0 Å². The molecule has 0 radical (unpaired) electrons. The third-order valence-electron chi connectivity index (χ3n) is 2.41. The molecule has 0 heterocycles. The summed E-state index contributed by atoms with van der Waals surface area (Å²) in [5.74, 6) is 0. The van der Waals surface area contributed by atoms with Crippen LogP contribution in [0.2, 0.25) is 5.02 Å². The van der Waals surface area contributed by atoms with Gasteiger partial charge in [-0.1, -0.05) is 23.7 Å². The van der Waals surface area contributed by atoms with Crippen molar-refractivity contribution in [1.82, 2.24) is 0 Å². The number of methoxy groups -OCH3 is 2. The first kappa shape index (κ1) is 13.5. The van der Waals surface area contributed by atoms with Crippen molar-refractivity contribution in [3.05, 3.63) is 34.9 Å². The maximum Gasteiger partial charge on any atom is 0.185 e. The van der Waals surface area contributed by atoms with Crippen LogP contribution >= 0.6 is 11.6 Å². The Hall–Kier alpha value is -0.610. The third kappa shape index (κ3) is 3.46. The lowest BCUT2D eigenvalue weighted by atomic mass is 9.96. The molecule has 1 aromatic rings. The second-order valence-corrected chi connectivity index (χ2v) is 4.40. The van der Waals surface area contributed by atoms with Gasteiger partial charge in [0.15, 0.2) is 6.29 Å². The van der Waals surface area contributed by atoms with Gasteiger partial charge in [0.1, 0.15) is 5.60 Å². The summed E-state index contributed by atoms with van der Waals surface area (Å²) in [5.41, 5.74) is -0.0920. The Kier molecular flexibility index (Phi) is 4.74. The smallest absolute Gasteiger partial charge is 0.185 e. The summed E-state index contributed by atoms with van der Waals surface area (Å²) in [6.45, 7) is 1.68. The van der Waals surface area contributed by atoms with Gasteiger partial charge in [-0.3, -0.25) is 0 Å². The van der Waals surface area contributed by atoms with Crippen LogP contribution in [0.25, 0.3) is 0 Å². The molecule has 0 saturated heterocycles. The topological polar surface area (TPSA) is 38.7 Å². The van der Waals surface area contributed by atoms with E-state index in [0.717, 1.165) is 5.56 Å². The number of aliphatic hydroxyl groups is 1. The number of rotatable bonds is 5. The second-order valence-electron chi connectivity index (χ2n) is 3.96. The minimum atomic E-state index is -1.07. The van der Waals surface area contributed by atoms with Crippen LogP contribution in [0, 0.1) is 0 Å². The molecule has 3 nitrogen and oxygen atoms in total. The van der Waals surface area contributed by atoms with E-state index in [1.165, 1.54) is 14.2 Å². The van der Waals surface area contributed by atoms with Gasteiger partial charge >= 0.3 is 0 Å². The fraction of sp³-hybridized carbons (Fsp3) is 0.500. The van der Waals surface area contributed by atoms with Crippen LogP contribution in [-0.2, 0) is 15.9 Å². The van der Waals surface area contributed by atoms with Crippen molar-refractivity contribution in [2.24, 2.45) is 0 Å². The molecule has 0 saturated carbocycles. The fourth-order valence-corrected chi connectivity index (χ4v) is 1.83. The van der Waals surface area contributed by atoms with Crippen molar-refractivity contribution < 1.29 is 14.6 Å². The van der Waals surface area contributed by atoms with Crippen molar-refractivity contribution >= 4 is 11.6 Å². The van der Waals surface area contributed by atoms with Crippen molar-refractivity contribution in [2.75, 3.05) is 14.2 Å². The summed E-state index contributed by atoms with van der Waals surface area (Å²) in [6, 6.07) is 7.33. The lowest BCUT2D eigenvalue weighted by Crippen LogP contribution is -2.43. The molecule has 1 rings (SSSR count). The molecular formula is C12H17ClO3. The molecule has 4 heteroatoms. The molecule has 16 heavy (non-hydrogen) atoms. The summed E-state index contributed by atoms with van der Waals surface area (Å²) in [6.07, 6.45) is -0.209. The summed E-state index contributed by atoms with van der Waals surface area (Å²) in [5, 5.41) is 10.9. The van der Waals surface area contributed by atoms with Gasteiger partial charge in [-0.25, -0.2) is 0 Å². The van der Waals surface area contributed by atoms with Crippen LogP contribution in [0.15, 0.2) is 24.3 Å². The van der Waals surface area contributed by atoms with Crippen LogP contribution in [0.1, 0.15) is 12.5 Å². The zero-order valence-corrected chi connectivity index (χ0v) is 10.5. The van der Waals surface area contributed by atoms with Gasteiger partial charge in [0.05, 0.1) is 0 Å². The fourth-order valence-electron chi connectivity index (χ4n) is 1.70. The van der Waals surface area contributed by atoms with Gasteiger partial charge in [0, 0.05) is 25.7 Å². The lowest BCUT2D eigenvalue weighted by Gasteiger charge is -2.30. The number of halogens is 1. The average molecular weight is 245 g/mol. The predicted octanol–water partition coefficient (Wildman–Crippen LogP) is 2.25. The zero-order chi connectivity index (χ0) is 12.2. The van der Waals surface area contributed by atoms with Crippen LogP contribution in [0.4, 0.5) is 0 Å². The maximum atomic E-state index is 10.2. The van der Waals surface area contributed by atoms with Gasteiger partial charge < -0.3 is 14.6 Å². The van der Waals surface area contributed by atoms with Crippen LogP contribution < -0.4 is 0 Å². The highest BCUT2D eigenvalue weighted by Gasteiger charge is 2.32. The Labute approximate surface area is 101 Å². The molecule has 0 aliphatic rings. The van der Waals surface area contributed by atoms with Gasteiger partial charge in [-0.05, 0) is 24.6 Å². The van der Waals surface area contributed by atoms with Gasteiger partial charge in [0.25, 0.3) is 0 Å². The lowest BCUT2D eigenvalue weighted by molar-refractivity contribution is -0.207. The monoisotopic (exact) mass is 244 g/mol. The maximum absolute atomic E-state index is 10.2. The van der Waals surface area contributed by atoms with E-state index in [2.05, 4.69) is 0 Å². The Morgan fingerprint density at radius 1 is 1.25 bits per heavy atom. The van der Waals surface area contributed by atoms with Crippen LogP contribution in [-0.4, -0.2) is 31.2 Å². The van der Waals surface area contributed by atoms with E-state index < -0.39 is 11.9 Å². The van der Waals surface area contributed by atoms with Gasteiger partial charge in [0.2, 0.25) is 0 Å². The van der Waals surface area contributed by atoms with Gasteiger partial charge in [-0.2, -0.15) is 0 Å². The summed E-state index contributed by atoms with van der Waals surface area (Å²) in [7, 11) is 3.01. The summed E-state index contributed by atoms with van der Waals surface area (Å²) in [4.78, 5) is 0. The first-order valence-electron chi connectivity index (χ1n) is 5.02. The Morgan fingerprint density at radius 2 is 1.75 bits per heavy atom. The molecule has 90 valence electrons. The molecule has 0 aromatic heterocycles. The standard InChI is InChI=1S/C12H17ClO3/c1-12(14,11(15-2)16-3)8-9-4-6-10(13)7-5-9/h4-7,11,14H,8H2,1-3H3. The molecular weight excluding hydrogens is 228 g/mol. The molecule has 0 aliphatic carbocycles. The molecule has 0 bridgehead atoms. The van der Waals surface area contributed by atoms with E-state index in [0.29, 0.717) is 11.4 Å². The second kappa shape index (κ2) is 5.64. The van der Waals surface area contributed by atoms with Crippen molar-refractivity contribution in [2.45, 2.75) is 25.2 Å². The third-order valence-corrected chi connectivity index (χ3v) is 2.66. The van der Waals surface area contributed by atoms with Gasteiger partial charge in [-0.15, -0.1) is 0 Å². The van der Waals surface area contributed by atoms with Crippen molar-refractivity contribution in [3.8, 4) is 0 Å². The minimum absolute atomic E-state index is 0.441. The van der Waals surface area contributed by atoms with Crippen LogP contribution in [0.3, 0.4) is 0 Å². The molecule has 0 fully saturated rings. The highest BCUT2D eigenvalue weighted by atomic mass is 35.5. The Morgan fingerprint density at radius 3 is 2.19 bits per heavy atom. The molecule has 1 aromatic carbocycles. The number of hydrogen-bond donors (Lipinski definition) is 1. The van der Waals surface area contributed by atoms with Crippen LogP contribution in [0.5, 0.6) is 0 Å². The molecule has 0 aliphatic heterocycles. The number of hydrogen-bond acceptors (Lipinski definition) is 3. The molecule has 1 N–H and O–H groups in total. The Bertz CT molecular complexity index is 318. The normalized spacial score (nSPS) is 15.1. The van der Waals surface area contributed by atoms with Crippen molar-refractivity contribution in [1.29, 1.82) is 0 Å². The average Bonchev–Trinajstić information content (AvgIpc) is 2.22. The molecule has 1 atom stereocenters. The Balaban J connectivity index is 2.75.